The van der Waals surface area contributed by atoms with Crippen molar-refractivity contribution in [2.75, 3.05) is 0 Å². The van der Waals surface area contributed by atoms with Crippen LogP contribution in [0.15, 0.2) is 24.5 Å². The molecule has 0 radical (unpaired) electrons. The molecule has 1 heterocycles. The van der Waals surface area contributed by atoms with Crippen molar-refractivity contribution in [3.05, 3.63) is 24.5 Å². The highest BCUT2D eigenvalue weighted by Gasteiger charge is 1.85. The maximum Gasteiger partial charge on any atom is 0.174 e. The summed E-state index contributed by atoms with van der Waals surface area (Å²) in [5.41, 5.74) is 0. The Kier molecular flexibility index (Phi) is 1.42. The summed E-state index contributed by atoms with van der Waals surface area (Å²) in [7, 11) is 0. The summed E-state index contributed by atoms with van der Waals surface area (Å²) < 4.78 is 11.2. The minimum atomic E-state index is 0.181. The van der Waals surface area contributed by atoms with Gasteiger partial charge < -0.3 is 0 Å². The van der Waals surface area contributed by atoms with Gasteiger partial charge in [-0.1, -0.05) is 0 Å². The average Bonchev–Trinajstić information content (AvgIpc) is 1.90. The Bertz CT molecular complexity index is 154. The highest BCUT2D eigenvalue weighted by Crippen LogP contribution is 2.05. The number of nitrogens with zero attached hydrogens (tertiary/aromatic N) is 1. The van der Waals surface area contributed by atoms with Crippen molar-refractivity contribution >= 4 is 0 Å². The number of aromatic nitrogens is 1. The molecule has 3 heteroatoms. The van der Waals surface area contributed by atoms with Crippen molar-refractivity contribution in [3.8, 4) is 5.75 Å². The number of pyridine rings is 1. The molecule has 1 rings (SSSR count). The summed E-state index contributed by atoms with van der Waals surface area (Å²) in [4.78, 5) is 7.02. The quantitative estimate of drug-likeness (QED) is 0.548. The zero-order valence-electron chi connectivity index (χ0n) is 4.04. The summed E-state index contributed by atoms with van der Waals surface area (Å²) in [5, 5.41) is 0. The molecule has 0 amide bonds. The molecule has 0 aromatic carbocycles. The Labute approximate surface area is 45.8 Å². The van der Waals surface area contributed by atoms with Gasteiger partial charge in [0.2, 0.25) is 0 Å². The van der Waals surface area contributed by atoms with Gasteiger partial charge in [-0.05, 0) is 0 Å². The molecule has 0 fully saturated rings. The molecule has 0 aliphatic carbocycles. The second-order valence-corrected chi connectivity index (χ2v) is 1.26. The van der Waals surface area contributed by atoms with Crippen LogP contribution >= 0.6 is 0 Å². The van der Waals surface area contributed by atoms with E-state index < -0.39 is 0 Å². The first-order chi connectivity index (χ1) is 3.93. The number of hydrogen-bond acceptors (Lipinski definition) is 2. The second-order valence-electron chi connectivity index (χ2n) is 1.26. The van der Waals surface area contributed by atoms with Crippen LogP contribution in [0.2, 0.25) is 0 Å². The normalized spacial score (nSPS) is 8.62. The van der Waals surface area contributed by atoms with Gasteiger partial charge >= 0.3 is 0 Å². The van der Waals surface area contributed by atoms with Gasteiger partial charge in [0, 0.05) is 29.1 Å². The van der Waals surface area contributed by atoms with Gasteiger partial charge in [-0.2, -0.15) is 0 Å². The van der Waals surface area contributed by atoms with E-state index in [1.807, 2.05) is 0 Å². The maximum absolute atomic E-state index is 11.2. The highest BCUT2D eigenvalue weighted by molar-refractivity contribution is 5.15. The van der Waals surface area contributed by atoms with Gasteiger partial charge in [0.25, 0.3) is 0 Å². The van der Waals surface area contributed by atoms with Gasteiger partial charge in [-0.3, -0.25) is 9.93 Å². The molecule has 2 nitrogen and oxygen atoms in total. The van der Waals surface area contributed by atoms with E-state index in [2.05, 4.69) is 9.93 Å². The summed E-state index contributed by atoms with van der Waals surface area (Å²) in [6, 6.07) is 2.86. The van der Waals surface area contributed by atoms with Crippen LogP contribution in [-0.4, -0.2) is 4.98 Å². The Balaban J connectivity index is 2.83. The molecule has 0 saturated carbocycles. The van der Waals surface area contributed by atoms with Gasteiger partial charge in [-0.15, -0.1) is 0 Å². The van der Waals surface area contributed by atoms with E-state index in [4.69, 9.17) is 0 Å². The molecule has 0 bridgehead atoms. The first kappa shape index (κ1) is 5.03. The van der Waals surface area contributed by atoms with Crippen LogP contribution in [0.25, 0.3) is 0 Å². The Morgan fingerprint density at radius 3 is 2.38 bits per heavy atom. The molecule has 42 valence electrons. The highest BCUT2D eigenvalue weighted by atomic mass is 19.3. The Morgan fingerprint density at radius 2 is 2.00 bits per heavy atom. The predicted octanol–water partition coefficient (Wildman–Crippen LogP) is 1.34. The van der Waals surface area contributed by atoms with Crippen LogP contribution in [-0.2, 0) is 0 Å². The van der Waals surface area contributed by atoms with E-state index in [1.54, 1.807) is 0 Å². The minimum absolute atomic E-state index is 0.181. The molecule has 0 atom stereocenters. The van der Waals surface area contributed by atoms with Gasteiger partial charge in [0.15, 0.2) is 5.75 Å². The molecule has 8 heavy (non-hydrogen) atoms. The minimum Gasteiger partial charge on any atom is -0.294 e. The fourth-order valence-electron chi connectivity index (χ4n) is 0.390. The van der Waals surface area contributed by atoms with E-state index in [0.717, 1.165) is 0 Å². The van der Waals surface area contributed by atoms with E-state index in [0.29, 0.717) is 0 Å². The Morgan fingerprint density at radius 1 is 1.38 bits per heavy atom. The smallest absolute Gasteiger partial charge is 0.174 e. The first-order valence-corrected chi connectivity index (χ1v) is 2.12. The van der Waals surface area contributed by atoms with Crippen LogP contribution in [0, 0.1) is 0 Å². The van der Waals surface area contributed by atoms with Crippen LogP contribution in [0.5, 0.6) is 5.75 Å². The summed E-state index contributed by atoms with van der Waals surface area (Å²) in [5.74, 6) is 0.181. The van der Waals surface area contributed by atoms with Crippen LogP contribution in [0.4, 0.5) is 4.53 Å². The first-order valence-electron chi connectivity index (χ1n) is 2.12. The lowest BCUT2D eigenvalue weighted by atomic mass is 10.5. The lowest BCUT2D eigenvalue weighted by Crippen LogP contribution is -1.74. The SMILES string of the molecule is FOc1ccncc1. The zero-order chi connectivity index (χ0) is 5.82. The lowest BCUT2D eigenvalue weighted by molar-refractivity contribution is -0.00630. The molecule has 0 N–H and O–H groups in total. The van der Waals surface area contributed by atoms with Crippen molar-refractivity contribution in [1.29, 1.82) is 0 Å². The number of hydrogen-bond donors (Lipinski definition) is 0. The lowest BCUT2D eigenvalue weighted by Gasteiger charge is -1.86. The molecular weight excluding hydrogens is 109 g/mol. The van der Waals surface area contributed by atoms with Crippen molar-refractivity contribution in [2.24, 2.45) is 0 Å². The summed E-state index contributed by atoms with van der Waals surface area (Å²) in [6.07, 6.45) is 2.91. The third kappa shape index (κ3) is 0.932. The summed E-state index contributed by atoms with van der Waals surface area (Å²) >= 11 is 0. The van der Waals surface area contributed by atoms with E-state index in [9.17, 15) is 4.53 Å². The van der Waals surface area contributed by atoms with E-state index >= 15 is 0 Å². The van der Waals surface area contributed by atoms with Gasteiger partial charge in [0.05, 0.1) is 0 Å². The largest absolute Gasteiger partial charge is 0.294 e. The molecular formula is C5H4FNO. The molecule has 0 unspecified atom stereocenters. The fourth-order valence-corrected chi connectivity index (χ4v) is 0.390. The molecule has 1 aromatic rings. The maximum atomic E-state index is 11.2. The van der Waals surface area contributed by atoms with Crippen molar-refractivity contribution in [3.63, 3.8) is 0 Å². The Hall–Kier alpha value is -1.12. The van der Waals surface area contributed by atoms with Crippen LogP contribution in [0.3, 0.4) is 0 Å². The van der Waals surface area contributed by atoms with Crippen molar-refractivity contribution in [2.45, 2.75) is 0 Å². The van der Waals surface area contributed by atoms with Crippen molar-refractivity contribution < 1.29 is 9.47 Å². The predicted molar refractivity (Wildman–Crippen MR) is 26.0 cm³/mol. The van der Waals surface area contributed by atoms with E-state index in [1.165, 1.54) is 24.5 Å². The second kappa shape index (κ2) is 2.26. The molecule has 0 spiro atoms. The zero-order valence-corrected chi connectivity index (χ0v) is 4.04. The van der Waals surface area contributed by atoms with E-state index in [-0.39, 0.29) is 5.75 Å². The molecule has 0 aliphatic rings. The third-order valence-corrected chi connectivity index (χ3v) is 0.739. The summed E-state index contributed by atoms with van der Waals surface area (Å²) in [6.45, 7) is 0. The van der Waals surface area contributed by atoms with Crippen molar-refractivity contribution in [1.82, 2.24) is 4.98 Å². The number of halogens is 1. The third-order valence-electron chi connectivity index (χ3n) is 0.739. The monoisotopic (exact) mass is 113 g/mol. The molecule has 0 saturated heterocycles. The topological polar surface area (TPSA) is 22.1 Å². The van der Waals surface area contributed by atoms with Crippen LogP contribution < -0.4 is 4.94 Å². The standard InChI is InChI=1S/C5H4FNO/c6-8-5-1-3-7-4-2-5/h1-4H. The number of rotatable bonds is 1. The molecule has 0 aliphatic heterocycles. The average molecular weight is 113 g/mol. The fraction of sp³-hybridized carbons (Fsp3) is 0. The van der Waals surface area contributed by atoms with Crippen LogP contribution in [0.1, 0.15) is 0 Å². The molecule has 1 aromatic heterocycles. The van der Waals surface area contributed by atoms with Gasteiger partial charge in [-0.25, -0.2) is 0 Å². The van der Waals surface area contributed by atoms with Gasteiger partial charge in [0.1, 0.15) is 0 Å².